The predicted octanol–water partition coefficient (Wildman–Crippen LogP) is 3.90. The molecule has 0 saturated carbocycles. The summed E-state index contributed by atoms with van der Waals surface area (Å²) in [6.07, 6.45) is 0.760. The maximum absolute atomic E-state index is 13.8. The Labute approximate surface area is 117 Å². The van der Waals surface area contributed by atoms with Gasteiger partial charge in [-0.3, -0.25) is 0 Å². The van der Waals surface area contributed by atoms with Crippen LogP contribution in [-0.2, 0) is 0 Å². The van der Waals surface area contributed by atoms with Gasteiger partial charge >= 0.3 is 0 Å². The highest BCUT2D eigenvalue weighted by molar-refractivity contribution is 5.42. The van der Waals surface area contributed by atoms with Gasteiger partial charge in [-0.2, -0.15) is 5.26 Å². The van der Waals surface area contributed by atoms with Crippen LogP contribution in [0.25, 0.3) is 0 Å². The molecule has 0 amide bonds. The fourth-order valence-electron chi connectivity index (χ4n) is 1.87. The Bertz CT molecular complexity index is 649. The third kappa shape index (κ3) is 2.95. The van der Waals surface area contributed by atoms with E-state index >= 15 is 0 Å². The highest BCUT2D eigenvalue weighted by Crippen LogP contribution is 2.31. The number of benzene rings is 2. The molecular weight excluding hydrogens is 255 g/mol. The molecule has 0 fully saturated rings. The lowest BCUT2D eigenvalue weighted by atomic mass is 10.0. The van der Waals surface area contributed by atoms with E-state index < -0.39 is 5.82 Å². The molecule has 2 rings (SSSR count). The highest BCUT2D eigenvalue weighted by Gasteiger charge is 2.12. The number of hydrogen-bond acceptors (Lipinski definition) is 3. The molecule has 20 heavy (non-hydrogen) atoms. The number of rotatable bonds is 4. The van der Waals surface area contributed by atoms with Crippen molar-refractivity contribution in [3.63, 3.8) is 0 Å². The van der Waals surface area contributed by atoms with Gasteiger partial charge in [-0.05, 0) is 30.7 Å². The van der Waals surface area contributed by atoms with Gasteiger partial charge in [0.2, 0.25) is 0 Å². The van der Waals surface area contributed by atoms with Crippen LogP contribution in [0.2, 0.25) is 0 Å². The first-order valence-corrected chi connectivity index (χ1v) is 6.37. The Morgan fingerprint density at radius 3 is 2.65 bits per heavy atom. The van der Waals surface area contributed by atoms with E-state index in [1.165, 1.54) is 12.1 Å². The first kappa shape index (κ1) is 14.0. The van der Waals surface area contributed by atoms with E-state index in [2.05, 4.69) is 0 Å². The molecule has 2 aromatic carbocycles. The van der Waals surface area contributed by atoms with Crippen LogP contribution in [0.1, 0.15) is 30.5 Å². The highest BCUT2D eigenvalue weighted by atomic mass is 19.1. The maximum atomic E-state index is 13.8. The Kier molecular flexibility index (Phi) is 4.34. The Balaban J connectivity index is 2.33. The van der Waals surface area contributed by atoms with Crippen LogP contribution in [0.15, 0.2) is 42.5 Å². The summed E-state index contributed by atoms with van der Waals surface area (Å²) in [5, 5.41) is 8.72. The lowest BCUT2D eigenvalue weighted by Gasteiger charge is -2.15. The largest absolute Gasteiger partial charge is 0.454 e. The van der Waals surface area contributed by atoms with E-state index in [1.54, 1.807) is 6.07 Å². The van der Waals surface area contributed by atoms with Crippen molar-refractivity contribution in [1.82, 2.24) is 0 Å². The average molecular weight is 270 g/mol. The molecule has 0 aliphatic rings. The molecular formula is C16H15FN2O. The van der Waals surface area contributed by atoms with Crippen molar-refractivity contribution in [3.05, 3.63) is 59.4 Å². The number of nitrogens with two attached hydrogens (primary N) is 1. The number of ether oxygens (including phenoxy) is 1. The number of hydrogen-bond donors (Lipinski definition) is 1. The summed E-state index contributed by atoms with van der Waals surface area (Å²) < 4.78 is 19.4. The number of halogens is 1. The van der Waals surface area contributed by atoms with Crippen LogP contribution in [0.4, 0.5) is 4.39 Å². The van der Waals surface area contributed by atoms with Crippen molar-refractivity contribution in [2.45, 2.75) is 19.4 Å². The summed E-state index contributed by atoms with van der Waals surface area (Å²) in [5.74, 6) is 0.0501. The first-order valence-electron chi connectivity index (χ1n) is 6.37. The Hall–Kier alpha value is -2.38. The van der Waals surface area contributed by atoms with Gasteiger partial charge in [0.1, 0.15) is 5.75 Å². The van der Waals surface area contributed by atoms with Crippen LogP contribution >= 0.6 is 0 Å². The standard InChI is InChI=1S/C16H15FN2O/c1-2-14(19)12-5-3-4-6-15(12)20-16-8-7-11(10-18)9-13(16)17/h3-9,14H,2,19H2,1H3/t14-/m0/s1. The van der Waals surface area contributed by atoms with E-state index in [0.29, 0.717) is 5.75 Å². The van der Waals surface area contributed by atoms with Crippen molar-refractivity contribution in [3.8, 4) is 17.6 Å². The third-order valence-electron chi connectivity index (χ3n) is 3.04. The summed E-state index contributed by atoms with van der Waals surface area (Å²) in [7, 11) is 0. The lowest BCUT2D eigenvalue weighted by molar-refractivity contribution is 0.433. The van der Waals surface area contributed by atoms with Crippen molar-refractivity contribution in [1.29, 1.82) is 5.26 Å². The molecule has 0 aliphatic heterocycles. The molecule has 0 heterocycles. The fraction of sp³-hybridized carbons (Fsp3) is 0.188. The zero-order valence-electron chi connectivity index (χ0n) is 11.1. The van der Waals surface area contributed by atoms with Crippen molar-refractivity contribution in [2.24, 2.45) is 5.73 Å². The molecule has 0 aromatic heterocycles. The number of nitrogens with zero attached hydrogens (tertiary/aromatic N) is 1. The third-order valence-corrected chi connectivity index (χ3v) is 3.04. The molecule has 2 aromatic rings. The van der Waals surface area contributed by atoms with Gasteiger partial charge in [-0.25, -0.2) is 4.39 Å². The quantitative estimate of drug-likeness (QED) is 0.916. The van der Waals surface area contributed by atoms with E-state index in [9.17, 15) is 4.39 Å². The minimum atomic E-state index is -0.566. The second-order valence-corrected chi connectivity index (χ2v) is 4.41. The first-order chi connectivity index (χ1) is 9.65. The zero-order valence-corrected chi connectivity index (χ0v) is 11.1. The second kappa shape index (κ2) is 6.18. The smallest absolute Gasteiger partial charge is 0.167 e. The molecule has 0 bridgehead atoms. The van der Waals surface area contributed by atoms with Crippen molar-refractivity contribution in [2.75, 3.05) is 0 Å². The minimum Gasteiger partial charge on any atom is -0.454 e. The summed E-state index contributed by atoms with van der Waals surface area (Å²) in [4.78, 5) is 0. The van der Waals surface area contributed by atoms with Gasteiger partial charge in [0.05, 0.1) is 11.6 Å². The lowest BCUT2D eigenvalue weighted by Crippen LogP contribution is -2.09. The summed E-state index contributed by atoms with van der Waals surface area (Å²) in [6, 6.07) is 13.1. The Morgan fingerprint density at radius 2 is 2.00 bits per heavy atom. The second-order valence-electron chi connectivity index (χ2n) is 4.41. The molecule has 4 heteroatoms. The monoisotopic (exact) mass is 270 g/mol. The SMILES string of the molecule is CC[C@H](N)c1ccccc1Oc1ccc(C#N)cc1F. The van der Waals surface area contributed by atoms with Crippen LogP contribution in [-0.4, -0.2) is 0 Å². The van der Waals surface area contributed by atoms with E-state index in [0.717, 1.165) is 18.1 Å². The van der Waals surface area contributed by atoms with Crippen LogP contribution in [0.3, 0.4) is 0 Å². The number of nitriles is 1. The van der Waals surface area contributed by atoms with E-state index in [4.69, 9.17) is 15.7 Å². The van der Waals surface area contributed by atoms with Gasteiger partial charge in [0.25, 0.3) is 0 Å². The van der Waals surface area contributed by atoms with Gasteiger partial charge in [0, 0.05) is 11.6 Å². The van der Waals surface area contributed by atoms with Gasteiger partial charge in [-0.15, -0.1) is 0 Å². The molecule has 0 saturated heterocycles. The molecule has 1 atom stereocenters. The van der Waals surface area contributed by atoms with Crippen molar-refractivity contribution < 1.29 is 9.13 Å². The van der Waals surface area contributed by atoms with Crippen molar-refractivity contribution >= 4 is 0 Å². The van der Waals surface area contributed by atoms with E-state index in [1.807, 2.05) is 31.2 Å². The molecule has 0 unspecified atom stereocenters. The molecule has 102 valence electrons. The fourth-order valence-corrected chi connectivity index (χ4v) is 1.87. The van der Waals surface area contributed by atoms with Gasteiger partial charge in [-0.1, -0.05) is 25.1 Å². The maximum Gasteiger partial charge on any atom is 0.167 e. The summed E-state index contributed by atoms with van der Waals surface area (Å²) in [6.45, 7) is 1.98. The molecule has 2 N–H and O–H groups in total. The topological polar surface area (TPSA) is 59.0 Å². The normalized spacial score (nSPS) is 11.7. The predicted molar refractivity (Wildman–Crippen MR) is 74.9 cm³/mol. The summed E-state index contributed by atoms with van der Waals surface area (Å²) >= 11 is 0. The zero-order chi connectivity index (χ0) is 14.5. The molecule has 0 spiro atoms. The molecule has 3 nitrogen and oxygen atoms in total. The number of para-hydroxylation sites is 1. The van der Waals surface area contributed by atoms with Gasteiger partial charge < -0.3 is 10.5 Å². The van der Waals surface area contributed by atoms with Gasteiger partial charge in [0.15, 0.2) is 11.6 Å². The van der Waals surface area contributed by atoms with Crippen LogP contribution in [0, 0.1) is 17.1 Å². The average Bonchev–Trinajstić information content (AvgIpc) is 2.49. The van der Waals surface area contributed by atoms with Crippen LogP contribution < -0.4 is 10.5 Å². The van der Waals surface area contributed by atoms with E-state index in [-0.39, 0.29) is 17.4 Å². The summed E-state index contributed by atoms with van der Waals surface area (Å²) in [5.41, 5.74) is 7.11. The van der Waals surface area contributed by atoms with Crippen LogP contribution in [0.5, 0.6) is 11.5 Å². The Morgan fingerprint density at radius 1 is 1.25 bits per heavy atom. The molecule has 0 radical (unpaired) electrons. The molecule has 0 aliphatic carbocycles. The minimum absolute atomic E-state index is 0.0831.